The number of carbonyl (C=O) groups excluding carboxylic acids is 1. The molecule has 0 unspecified atom stereocenters. The van der Waals surface area contributed by atoms with Gasteiger partial charge in [-0.1, -0.05) is 11.6 Å². The highest BCUT2D eigenvalue weighted by molar-refractivity contribution is 8.00. The van der Waals surface area contributed by atoms with Gasteiger partial charge in [-0.2, -0.15) is 9.78 Å². The Bertz CT molecular complexity index is 691. The number of hydrogen-bond donors (Lipinski definition) is 0. The van der Waals surface area contributed by atoms with Gasteiger partial charge in [0.25, 0.3) is 5.91 Å². The molecule has 3 rings (SSSR count). The molecule has 2 heterocycles. The number of aliphatic imine (C=N–C) groups is 1. The first kappa shape index (κ1) is 13.4. The van der Waals surface area contributed by atoms with E-state index in [1.165, 1.54) is 4.68 Å². The molecule has 0 aliphatic carbocycles. The van der Waals surface area contributed by atoms with Gasteiger partial charge < -0.3 is 0 Å². The van der Waals surface area contributed by atoms with Crippen molar-refractivity contribution in [1.82, 2.24) is 9.78 Å². The number of carbonyl (C=O) groups is 1. The maximum absolute atomic E-state index is 12.0. The lowest BCUT2D eigenvalue weighted by Crippen LogP contribution is -2.22. The second-order valence-electron chi connectivity index (χ2n) is 4.55. The molecule has 6 heteroatoms. The van der Waals surface area contributed by atoms with Crippen molar-refractivity contribution in [1.29, 1.82) is 0 Å². The van der Waals surface area contributed by atoms with Crippen LogP contribution in [0.1, 0.15) is 16.9 Å². The lowest BCUT2D eigenvalue weighted by atomic mass is 10.2. The van der Waals surface area contributed by atoms with E-state index >= 15 is 0 Å². The van der Waals surface area contributed by atoms with Gasteiger partial charge in [-0.25, -0.2) is 4.99 Å². The van der Waals surface area contributed by atoms with Crippen molar-refractivity contribution in [2.75, 3.05) is 5.75 Å². The molecule has 4 nitrogen and oxygen atoms in total. The molecule has 1 aromatic heterocycles. The van der Waals surface area contributed by atoms with E-state index < -0.39 is 0 Å². The van der Waals surface area contributed by atoms with Gasteiger partial charge in [0.1, 0.15) is 0 Å². The molecule has 0 atom stereocenters. The monoisotopic (exact) mass is 305 g/mol. The maximum atomic E-state index is 12.0. The van der Waals surface area contributed by atoms with Gasteiger partial charge in [-0.05, 0) is 31.2 Å². The van der Waals surface area contributed by atoms with Crippen molar-refractivity contribution in [3.05, 3.63) is 41.0 Å². The predicted octanol–water partition coefficient (Wildman–Crippen LogP) is 3.75. The van der Waals surface area contributed by atoms with E-state index in [1.807, 2.05) is 37.3 Å². The Labute approximate surface area is 125 Å². The van der Waals surface area contributed by atoms with Gasteiger partial charge in [0.05, 0.1) is 12.1 Å². The summed E-state index contributed by atoms with van der Waals surface area (Å²) >= 11 is 7.50. The average Bonchev–Trinajstić information content (AvgIpc) is 2.79. The number of rotatable bonds is 3. The van der Waals surface area contributed by atoms with E-state index in [1.54, 1.807) is 11.8 Å². The molecule has 1 aliphatic heterocycles. The van der Waals surface area contributed by atoms with Crippen LogP contribution in [-0.2, 0) is 0 Å². The van der Waals surface area contributed by atoms with Crippen LogP contribution in [0.5, 0.6) is 0 Å². The summed E-state index contributed by atoms with van der Waals surface area (Å²) in [5, 5.41) is 4.85. The quantitative estimate of drug-likeness (QED) is 0.811. The maximum Gasteiger partial charge on any atom is 0.254 e. The standard InChI is InChI=1S/C14H12ClN3OS/c1-9-6-13-16-11(7-14(19)18(13)17-9)8-20-12-4-2-10(15)3-5-12/h2-6H,7-8H2,1H3. The lowest BCUT2D eigenvalue weighted by molar-refractivity contribution is 0.0906. The Morgan fingerprint density at radius 2 is 2.10 bits per heavy atom. The Morgan fingerprint density at radius 1 is 1.35 bits per heavy atom. The second kappa shape index (κ2) is 5.42. The number of fused-ring (bicyclic) bond motifs is 1. The number of hydrogen-bond acceptors (Lipinski definition) is 4. The summed E-state index contributed by atoms with van der Waals surface area (Å²) in [5.41, 5.74) is 1.69. The third kappa shape index (κ3) is 2.78. The van der Waals surface area contributed by atoms with Crippen molar-refractivity contribution in [3.63, 3.8) is 0 Å². The molecule has 0 N–H and O–H groups in total. The second-order valence-corrected chi connectivity index (χ2v) is 6.03. The molecule has 0 amide bonds. The van der Waals surface area contributed by atoms with Crippen LogP contribution in [0.4, 0.5) is 5.82 Å². The Balaban J connectivity index is 1.74. The smallest absolute Gasteiger partial charge is 0.254 e. The fourth-order valence-electron chi connectivity index (χ4n) is 1.98. The number of nitrogens with zero attached hydrogens (tertiary/aromatic N) is 3. The van der Waals surface area contributed by atoms with Gasteiger partial charge in [0.2, 0.25) is 0 Å². The molecule has 1 aliphatic rings. The zero-order valence-electron chi connectivity index (χ0n) is 10.8. The molecule has 102 valence electrons. The van der Waals surface area contributed by atoms with Crippen LogP contribution < -0.4 is 0 Å². The van der Waals surface area contributed by atoms with Crippen LogP contribution in [0, 0.1) is 6.92 Å². The van der Waals surface area contributed by atoms with Crippen molar-refractivity contribution in [2.45, 2.75) is 18.2 Å². The highest BCUT2D eigenvalue weighted by atomic mass is 35.5. The van der Waals surface area contributed by atoms with Gasteiger partial charge in [0.15, 0.2) is 5.82 Å². The summed E-state index contributed by atoms with van der Waals surface area (Å²) in [6.07, 6.45) is 0.328. The molecule has 0 radical (unpaired) electrons. The van der Waals surface area contributed by atoms with Gasteiger partial charge in [0, 0.05) is 27.4 Å². The van der Waals surface area contributed by atoms with Crippen molar-refractivity contribution < 1.29 is 4.79 Å². The highest BCUT2D eigenvalue weighted by Gasteiger charge is 2.20. The van der Waals surface area contributed by atoms with Gasteiger partial charge >= 0.3 is 0 Å². The summed E-state index contributed by atoms with van der Waals surface area (Å²) in [5.74, 6) is 1.30. The minimum absolute atomic E-state index is 0.0187. The van der Waals surface area contributed by atoms with E-state index in [-0.39, 0.29) is 5.91 Å². The predicted molar refractivity (Wildman–Crippen MR) is 81.5 cm³/mol. The molecule has 0 saturated carbocycles. The summed E-state index contributed by atoms with van der Waals surface area (Å²) in [6.45, 7) is 1.86. The molecule has 0 bridgehead atoms. The zero-order chi connectivity index (χ0) is 14.1. The van der Waals surface area contributed by atoms with E-state index in [9.17, 15) is 4.79 Å². The summed E-state index contributed by atoms with van der Waals surface area (Å²) in [6, 6.07) is 9.47. The Hall–Kier alpha value is -1.59. The summed E-state index contributed by atoms with van der Waals surface area (Å²) in [7, 11) is 0. The van der Waals surface area contributed by atoms with Crippen LogP contribution >= 0.6 is 23.4 Å². The van der Waals surface area contributed by atoms with Crippen LogP contribution in [0.2, 0.25) is 5.02 Å². The topological polar surface area (TPSA) is 47.2 Å². The third-order valence-corrected chi connectivity index (χ3v) is 4.23. The zero-order valence-corrected chi connectivity index (χ0v) is 12.4. The number of halogens is 1. The number of aromatic nitrogens is 2. The molecular formula is C14H12ClN3OS. The minimum atomic E-state index is -0.0187. The van der Waals surface area contributed by atoms with E-state index in [4.69, 9.17) is 11.6 Å². The first-order valence-corrected chi connectivity index (χ1v) is 7.53. The van der Waals surface area contributed by atoms with Crippen LogP contribution in [0.25, 0.3) is 0 Å². The average molecular weight is 306 g/mol. The highest BCUT2D eigenvalue weighted by Crippen LogP contribution is 2.25. The van der Waals surface area contributed by atoms with E-state index in [0.717, 1.165) is 21.3 Å². The molecule has 1 aromatic carbocycles. The van der Waals surface area contributed by atoms with Crippen LogP contribution in [0.15, 0.2) is 40.2 Å². The first-order chi connectivity index (χ1) is 9.61. The Kier molecular flexibility index (Phi) is 3.63. The summed E-state index contributed by atoms with van der Waals surface area (Å²) in [4.78, 5) is 17.6. The fraction of sp³-hybridized carbons (Fsp3) is 0.214. The van der Waals surface area contributed by atoms with Crippen molar-refractivity contribution >= 4 is 40.8 Å². The van der Waals surface area contributed by atoms with Crippen LogP contribution in [0.3, 0.4) is 0 Å². The lowest BCUT2D eigenvalue weighted by Gasteiger charge is -2.12. The molecule has 20 heavy (non-hydrogen) atoms. The fourth-order valence-corrected chi connectivity index (χ4v) is 2.94. The largest absolute Gasteiger partial charge is 0.272 e. The molecule has 2 aromatic rings. The third-order valence-electron chi connectivity index (χ3n) is 2.90. The van der Waals surface area contributed by atoms with E-state index in [2.05, 4.69) is 10.1 Å². The number of aryl methyl sites for hydroxylation is 1. The van der Waals surface area contributed by atoms with Crippen LogP contribution in [-0.4, -0.2) is 27.2 Å². The molecule has 0 spiro atoms. The van der Waals surface area contributed by atoms with Crippen molar-refractivity contribution in [2.24, 2.45) is 4.99 Å². The molecule has 0 saturated heterocycles. The SMILES string of the molecule is Cc1cc2n(n1)C(=O)CC(CSc1ccc(Cl)cc1)=N2. The normalized spacial score (nSPS) is 14.1. The van der Waals surface area contributed by atoms with E-state index in [0.29, 0.717) is 18.0 Å². The molecule has 0 fully saturated rings. The van der Waals surface area contributed by atoms with Crippen molar-refractivity contribution in [3.8, 4) is 0 Å². The van der Waals surface area contributed by atoms with Gasteiger partial charge in [-0.15, -0.1) is 11.8 Å². The van der Waals surface area contributed by atoms with Gasteiger partial charge in [-0.3, -0.25) is 4.79 Å². The number of benzene rings is 1. The minimum Gasteiger partial charge on any atom is -0.272 e. The molecular weight excluding hydrogens is 294 g/mol. The summed E-state index contributed by atoms with van der Waals surface area (Å²) < 4.78 is 1.38. The Morgan fingerprint density at radius 3 is 2.85 bits per heavy atom. The number of thioether (sulfide) groups is 1. The first-order valence-electron chi connectivity index (χ1n) is 6.16.